The molecule has 1 aromatic heterocycles. The van der Waals surface area contributed by atoms with Crippen molar-refractivity contribution in [3.8, 4) is 5.75 Å². The SMILES string of the molecule is Nc1ccccc1NC(=O)CCCOc1cncc(Br)c1. The Kier molecular flexibility index (Phi) is 5.57. The highest BCUT2D eigenvalue weighted by Gasteiger charge is 2.05. The fourth-order valence-corrected chi connectivity index (χ4v) is 2.06. The predicted molar refractivity (Wildman–Crippen MR) is 86.2 cm³/mol. The zero-order chi connectivity index (χ0) is 15.1. The third-order valence-corrected chi connectivity index (χ3v) is 3.17. The molecule has 0 atom stereocenters. The number of anilines is 2. The van der Waals surface area contributed by atoms with Gasteiger partial charge in [-0.3, -0.25) is 9.78 Å². The molecule has 1 aromatic carbocycles. The van der Waals surface area contributed by atoms with Crippen LogP contribution < -0.4 is 15.8 Å². The lowest BCUT2D eigenvalue weighted by Gasteiger charge is -2.08. The number of nitrogens with zero attached hydrogens (tertiary/aromatic N) is 1. The van der Waals surface area contributed by atoms with Crippen molar-refractivity contribution < 1.29 is 9.53 Å². The Hall–Kier alpha value is -2.08. The molecular formula is C15H16BrN3O2. The lowest BCUT2D eigenvalue weighted by Crippen LogP contribution is -2.13. The van der Waals surface area contributed by atoms with Crippen molar-refractivity contribution in [2.45, 2.75) is 12.8 Å². The molecule has 0 aliphatic heterocycles. The van der Waals surface area contributed by atoms with Gasteiger partial charge < -0.3 is 15.8 Å². The largest absolute Gasteiger partial charge is 0.492 e. The Morgan fingerprint density at radius 2 is 2.14 bits per heavy atom. The van der Waals surface area contributed by atoms with Gasteiger partial charge >= 0.3 is 0 Å². The van der Waals surface area contributed by atoms with Crippen LogP contribution in [0.5, 0.6) is 5.75 Å². The lowest BCUT2D eigenvalue weighted by atomic mass is 10.2. The molecule has 2 rings (SSSR count). The van der Waals surface area contributed by atoms with Crippen molar-refractivity contribution in [2.24, 2.45) is 0 Å². The normalized spacial score (nSPS) is 10.1. The molecule has 21 heavy (non-hydrogen) atoms. The van der Waals surface area contributed by atoms with Crippen molar-refractivity contribution in [1.29, 1.82) is 0 Å². The topological polar surface area (TPSA) is 77.2 Å². The molecule has 6 heteroatoms. The molecule has 0 saturated heterocycles. The summed E-state index contributed by atoms with van der Waals surface area (Å²) in [4.78, 5) is 15.8. The van der Waals surface area contributed by atoms with Crippen LogP contribution in [0.1, 0.15) is 12.8 Å². The summed E-state index contributed by atoms with van der Waals surface area (Å²) in [5, 5.41) is 2.78. The van der Waals surface area contributed by atoms with Crippen molar-refractivity contribution in [3.05, 3.63) is 47.2 Å². The number of ether oxygens (including phenoxy) is 1. The highest BCUT2D eigenvalue weighted by molar-refractivity contribution is 9.10. The van der Waals surface area contributed by atoms with Crippen molar-refractivity contribution >= 4 is 33.2 Å². The highest BCUT2D eigenvalue weighted by atomic mass is 79.9. The minimum Gasteiger partial charge on any atom is -0.492 e. The van der Waals surface area contributed by atoms with Gasteiger partial charge in [0.15, 0.2) is 0 Å². The first-order valence-corrected chi connectivity index (χ1v) is 7.32. The lowest BCUT2D eigenvalue weighted by molar-refractivity contribution is -0.116. The molecule has 0 unspecified atom stereocenters. The predicted octanol–water partition coefficient (Wildman–Crippen LogP) is 3.22. The first kappa shape index (κ1) is 15.3. The maximum Gasteiger partial charge on any atom is 0.224 e. The first-order valence-electron chi connectivity index (χ1n) is 6.53. The van der Waals surface area contributed by atoms with Crippen LogP contribution >= 0.6 is 15.9 Å². The number of benzene rings is 1. The molecule has 0 bridgehead atoms. The van der Waals surface area contributed by atoms with E-state index in [-0.39, 0.29) is 5.91 Å². The fraction of sp³-hybridized carbons (Fsp3) is 0.200. The van der Waals surface area contributed by atoms with E-state index in [9.17, 15) is 4.79 Å². The standard InChI is InChI=1S/C15H16BrN3O2/c16-11-8-12(10-18-9-11)21-7-3-6-15(20)19-14-5-2-1-4-13(14)17/h1-2,4-5,8-10H,3,6-7,17H2,(H,19,20). The maximum absolute atomic E-state index is 11.8. The molecule has 0 aliphatic rings. The molecule has 0 aliphatic carbocycles. The number of hydrogen-bond acceptors (Lipinski definition) is 4. The van der Waals surface area contributed by atoms with Gasteiger partial charge in [0.2, 0.25) is 5.91 Å². The Bertz CT molecular complexity index is 619. The monoisotopic (exact) mass is 349 g/mol. The van der Waals surface area contributed by atoms with Crippen LogP contribution in [0, 0.1) is 0 Å². The van der Waals surface area contributed by atoms with E-state index in [2.05, 4.69) is 26.2 Å². The molecule has 0 spiro atoms. The summed E-state index contributed by atoms with van der Waals surface area (Å²) in [5.74, 6) is 0.598. The number of carbonyl (C=O) groups excluding carboxylic acids is 1. The van der Waals surface area contributed by atoms with Gasteiger partial charge in [0.25, 0.3) is 0 Å². The van der Waals surface area contributed by atoms with Crippen LogP contribution in [0.15, 0.2) is 47.2 Å². The molecule has 0 fully saturated rings. The van der Waals surface area contributed by atoms with Crippen LogP contribution in [-0.4, -0.2) is 17.5 Å². The summed E-state index contributed by atoms with van der Waals surface area (Å²) >= 11 is 3.32. The molecule has 0 saturated carbocycles. The van der Waals surface area contributed by atoms with Gasteiger partial charge in [-0.2, -0.15) is 0 Å². The Labute approximate surface area is 131 Å². The van der Waals surface area contributed by atoms with Crippen LogP contribution in [-0.2, 0) is 4.79 Å². The smallest absolute Gasteiger partial charge is 0.224 e. The van der Waals surface area contributed by atoms with Crippen LogP contribution in [0.2, 0.25) is 0 Å². The van der Waals surface area contributed by atoms with Crippen LogP contribution in [0.4, 0.5) is 11.4 Å². The van der Waals surface area contributed by atoms with E-state index >= 15 is 0 Å². The quantitative estimate of drug-likeness (QED) is 0.619. The summed E-state index contributed by atoms with van der Waals surface area (Å²) in [7, 11) is 0. The van der Waals surface area contributed by atoms with Crippen LogP contribution in [0.25, 0.3) is 0 Å². The summed E-state index contributed by atoms with van der Waals surface area (Å²) < 4.78 is 6.37. The highest BCUT2D eigenvalue weighted by Crippen LogP contribution is 2.18. The Morgan fingerprint density at radius 3 is 2.90 bits per heavy atom. The van der Waals surface area contributed by atoms with Crippen molar-refractivity contribution in [2.75, 3.05) is 17.7 Å². The minimum atomic E-state index is -0.0798. The van der Waals surface area contributed by atoms with E-state index in [1.165, 1.54) is 0 Å². The Morgan fingerprint density at radius 1 is 1.33 bits per heavy atom. The second-order valence-electron chi connectivity index (χ2n) is 4.43. The first-order chi connectivity index (χ1) is 10.1. The van der Waals surface area contributed by atoms with E-state index in [0.29, 0.717) is 36.6 Å². The number of halogens is 1. The fourth-order valence-electron chi connectivity index (χ4n) is 1.72. The minimum absolute atomic E-state index is 0.0798. The average molecular weight is 350 g/mol. The molecule has 110 valence electrons. The van der Waals surface area contributed by atoms with Gasteiger partial charge in [-0.25, -0.2) is 0 Å². The van der Waals surface area contributed by atoms with Gasteiger partial charge in [0, 0.05) is 17.1 Å². The van der Waals surface area contributed by atoms with Crippen LogP contribution in [0.3, 0.4) is 0 Å². The molecular weight excluding hydrogens is 334 g/mol. The number of aromatic nitrogens is 1. The summed E-state index contributed by atoms with van der Waals surface area (Å²) in [5.41, 5.74) is 6.96. The van der Waals surface area contributed by atoms with E-state index in [1.54, 1.807) is 24.5 Å². The van der Waals surface area contributed by atoms with Gasteiger partial charge in [-0.1, -0.05) is 12.1 Å². The number of nitrogen functional groups attached to an aromatic ring is 1. The second-order valence-corrected chi connectivity index (χ2v) is 5.34. The van der Waals surface area contributed by atoms with E-state index in [4.69, 9.17) is 10.5 Å². The van der Waals surface area contributed by atoms with Gasteiger partial charge in [0.05, 0.1) is 24.2 Å². The van der Waals surface area contributed by atoms with Gasteiger partial charge in [-0.05, 0) is 40.5 Å². The molecule has 5 nitrogen and oxygen atoms in total. The maximum atomic E-state index is 11.8. The summed E-state index contributed by atoms with van der Waals surface area (Å²) in [6, 6.07) is 9.01. The molecule has 1 heterocycles. The zero-order valence-electron chi connectivity index (χ0n) is 11.4. The number of pyridine rings is 1. The number of nitrogens with one attached hydrogen (secondary N) is 1. The summed E-state index contributed by atoms with van der Waals surface area (Å²) in [6.45, 7) is 0.454. The van der Waals surface area contributed by atoms with E-state index in [1.807, 2.05) is 18.2 Å². The third-order valence-electron chi connectivity index (χ3n) is 2.73. The number of nitrogens with two attached hydrogens (primary N) is 1. The number of amides is 1. The molecule has 1 amide bonds. The number of hydrogen-bond donors (Lipinski definition) is 2. The van der Waals surface area contributed by atoms with Crippen molar-refractivity contribution in [3.63, 3.8) is 0 Å². The number of carbonyl (C=O) groups is 1. The Balaban J connectivity index is 1.71. The second kappa shape index (κ2) is 7.64. The van der Waals surface area contributed by atoms with Crippen molar-refractivity contribution in [1.82, 2.24) is 4.98 Å². The molecule has 0 radical (unpaired) electrons. The molecule has 2 aromatic rings. The van der Waals surface area contributed by atoms with Gasteiger partial charge in [0.1, 0.15) is 5.75 Å². The average Bonchev–Trinajstić information content (AvgIpc) is 2.46. The number of para-hydroxylation sites is 2. The van der Waals surface area contributed by atoms with E-state index in [0.717, 1.165) is 4.47 Å². The van der Waals surface area contributed by atoms with Gasteiger partial charge in [-0.15, -0.1) is 0 Å². The zero-order valence-corrected chi connectivity index (χ0v) is 13.0. The van der Waals surface area contributed by atoms with E-state index < -0.39 is 0 Å². The number of rotatable bonds is 6. The summed E-state index contributed by atoms with van der Waals surface area (Å²) in [6.07, 6.45) is 4.31. The third kappa shape index (κ3) is 5.07. The molecule has 3 N–H and O–H groups in total.